The third-order valence-corrected chi connectivity index (χ3v) is 5.30. The molecule has 164 valence electrons. The van der Waals surface area contributed by atoms with Crippen molar-refractivity contribution < 1.29 is 9.18 Å². The normalized spacial score (nSPS) is 15.2. The Labute approximate surface area is 195 Å². The molecule has 1 aliphatic heterocycles. The fourth-order valence-electron chi connectivity index (χ4n) is 2.98. The Morgan fingerprint density at radius 3 is 2.55 bits per heavy atom. The Hall–Kier alpha value is -1.07. The molecule has 1 amide bonds. The van der Waals surface area contributed by atoms with Crippen LogP contribution in [-0.2, 0) is 4.79 Å². The molecule has 0 saturated carbocycles. The molecule has 29 heavy (non-hydrogen) atoms. The SMILES string of the molecule is CCNC(=NCCSc1ccccc1F)N1CCN(CC(=O)NC(C)C)CC1.I. The number of nitrogens with zero attached hydrogens (tertiary/aromatic N) is 3. The highest BCUT2D eigenvalue weighted by Gasteiger charge is 2.21. The van der Waals surface area contributed by atoms with E-state index in [1.54, 1.807) is 12.1 Å². The van der Waals surface area contributed by atoms with E-state index in [0.717, 1.165) is 44.4 Å². The minimum absolute atomic E-state index is 0. The molecule has 0 radical (unpaired) electrons. The van der Waals surface area contributed by atoms with Crippen LogP contribution >= 0.6 is 35.7 Å². The van der Waals surface area contributed by atoms with Gasteiger partial charge in [-0.3, -0.25) is 14.7 Å². The first-order valence-electron chi connectivity index (χ1n) is 9.92. The molecule has 1 heterocycles. The van der Waals surface area contributed by atoms with Gasteiger partial charge in [-0.05, 0) is 32.9 Å². The molecule has 1 aromatic rings. The second-order valence-electron chi connectivity index (χ2n) is 7.00. The zero-order valence-corrected chi connectivity index (χ0v) is 20.6. The van der Waals surface area contributed by atoms with Gasteiger partial charge in [-0.2, -0.15) is 0 Å². The Balaban J connectivity index is 0.00000420. The molecule has 0 spiro atoms. The van der Waals surface area contributed by atoms with Crippen molar-refractivity contribution in [3.63, 3.8) is 0 Å². The van der Waals surface area contributed by atoms with E-state index in [-0.39, 0.29) is 41.7 Å². The van der Waals surface area contributed by atoms with Gasteiger partial charge in [-0.25, -0.2) is 4.39 Å². The van der Waals surface area contributed by atoms with Crippen LogP contribution in [-0.4, -0.2) is 79.3 Å². The summed E-state index contributed by atoms with van der Waals surface area (Å²) in [5.74, 6) is 1.52. The molecule has 1 fully saturated rings. The van der Waals surface area contributed by atoms with Crippen molar-refractivity contribution in [2.24, 2.45) is 4.99 Å². The van der Waals surface area contributed by atoms with Crippen LogP contribution in [0.15, 0.2) is 34.2 Å². The number of rotatable bonds is 8. The van der Waals surface area contributed by atoms with Crippen LogP contribution in [0.3, 0.4) is 0 Å². The summed E-state index contributed by atoms with van der Waals surface area (Å²) in [6.45, 7) is 11.2. The van der Waals surface area contributed by atoms with E-state index < -0.39 is 0 Å². The summed E-state index contributed by atoms with van der Waals surface area (Å²) in [5, 5.41) is 6.28. The van der Waals surface area contributed by atoms with Crippen molar-refractivity contribution >= 4 is 47.6 Å². The molecule has 1 aromatic carbocycles. The molecule has 0 atom stereocenters. The Bertz CT molecular complexity index is 654. The molecule has 0 aromatic heterocycles. The van der Waals surface area contributed by atoms with Gasteiger partial charge in [-0.15, -0.1) is 35.7 Å². The Morgan fingerprint density at radius 1 is 1.24 bits per heavy atom. The molecule has 1 aliphatic rings. The summed E-state index contributed by atoms with van der Waals surface area (Å²) < 4.78 is 13.7. The first kappa shape index (κ1) is 26.0. The highest BCUT2D eigenvalue weighted by atomic mass is 127. The van der Waals surface area contributed by atoms with Crippen molar-refractivity contribution in [2.75, 3.05) is 51.6 Å². The number of halogens is 2. The maximum Gasteiger partial charge on any atom is 0.234 e. The number of guanidine groups is 1. The number of nitrogens with one attached hydrogen (secondary N) is 2. The molecular weight excluding hydrogens is 504 g/mol. The highest BCUT2D eigenvalue weighted by molar-refractivity contribution is 14.0. The number of carbonyl (C=O) groups is 1. The monoisotopic (exact) mass is 537 g/mol. The Morgan fingerprint density at radius 2 is 1.93 bits per heavy atom. The van der Waals surface area contributed by atoms with Crippen LogP contribution in [0.5, 0.6) is 0 Å². The van der Waals surface area contributed by atoms with Crippen LogP contribution in [0, 0.1) is 5.82 Å². The lowest BCUT2D eigenvalue weighted by Crippen LogP contribution is -2.54. The van der Waals surface area contributed by atoms with Crippen LogP contribution in [0.4, 0.5) is 4.39 Å². The molecular formula is C20H33FIN5OS. The first-order chi connectivity index (χ1) is 13.5. The standard InChI is InChI=1S/C20H32FN5OS.HI/c1-4-22-20(23-9-14-28-18-8-6-5-7-17(18)21)26-12-10-25(11-13-26)15-19(27)24-16(2)3;/h5-8,16H,4,9-15H2,1-3H3,(H,22,23)(H,24,27);1H. The maximum atomic E-state index is 13.7. The second kappa shape index (κ2) is 14.0. The number of carbonyl (C=O) groups excluding carboxylic acids is 1. The van der Waals surface area contributed by atoms with Gasteiger partial charge in [-0.1, -0.05) is 12.1 Å². The molecule has 0 unspecified atom stereocenters. The van der Waals surface area contributed by atoms with Gasteiger partial charge in [0.05, 0.1) is 13.1 Å². The van der Waals surface area contributed by atoms with Crippen molar-refractivity contribution in [1.82, 2.24) is 20.4 Å². The Kier molecular flexibility index (Phi) is 12.6. The van der Waals surface area contributed by atoms with Gasteiger partial charge >= 0.3 is 0 Å². The summed E-state index contributed by atoms with van der Waals surface area (Å²) >= 11 is 1.48. The van der Waals surface area contributed by atoms with Crippen molar-refractivity contribution in [1.29, 1.82) is 0 Å². The van der Waals surface area contributed by atoms with E-state index in [0.29, 0.717) is 18.0 Å². The van der Waals surface area contributed by atoms with Gasteiger partial charge in [0.1, 0.15) is 5.82 Å². The summed E-state index contributed by atoms with van der Waals surface area (Å²) in [4.78, 5) is 21.7. The molecule has 0 aliphatic carbocycles. The van der Waals surface area contributed by atoms with E-state index in [1.165, 1.54) is 17.8 Å². The average molecular weight is 537 g/mol. The fourth-order valence-corrected chi connectivity index (χ4v) is 3.77. The van der Waals surface area contributed by atoms with Gasteiger partial charge in [0.2, 0.25) is 5.91 Å². The second-order valence-corrected chi connectivity index (χ2v) is 8.14. The highest BCUT2D eigenvalue weighted by Crippen LogP contribution is 2.20. The zero-order chi connectivity index (χ0) is 20.4. The number of thioether (sulfide) groups is 1. The van der Waals surface area contributed by atoms with E-state index in [1.807, 2.05) is 19.9 Å². The molecule has 1 saturated heterocycles. The van der Waals surface area contributed by atoms with Crippen LogP contribution in [0.1, 0.15) is 20.8 Å². The lowest BCUT2D eigenvalue weighted by molar-refractivity contribution is -0.123. The maximum absolute atomic E-state index is 13.7. The topological polar surface area (TPSA) is 60.0 Å². The number of aliphatic imine (C=N–C) groups is 1. The lowest BCUT2D eigenvalue weighted by Gasteiger charge is -2.36. The van der Waals surface area contributed by atoms with E-state index >= 15 is 0 Å². The zero-order valence-electron chi connectivity index (χ0n) is 17.5. The minimum Gasteiger partial charge on any atom is -0.357 e. The fraction of sp³-hybridized carbons (Fsp3) is 0.600. The van der Waals surface area contributed by atoms with E-state index in [9.17, 15) is 9.18 Å². The van der Waals surface area contributed by atoms with Gasteiger partial charge < -0.3 is 15.5 Å². The predicted molar refractivity (Wildman–Crippen MR) is 130 cm³/mol. The van der Waals surface area contributed by atoms with Crippen molar-refractivity contribution in [3.05, 3.63) is 30.1 Å². The quantitative estimate of drug-likeness (QED) is 0.176. The summed E-state index contributed by atoms with van der Waals surface area (Å²) in [5.41, 5.74) is 0. The van der Waals surface area contributed by atoms with Gasteiger partial charge in [0, 0.05) is 49.4 Å². The van der Waals surface area contributed by atoms with E-state index in [4.69, 9.17) is 4.99 Å². The number of benzene rings is 1. The number of hydrogen-bond acceptors (Lipinski definition) is 4. The lowest BCUT2D eigenvalue weighted by atomic mass is 10.3. The first-order valence-corrected chi connectivity index (χ1v) is 10.9. The molecule has 2 N–H and O–H groups in total. The number of amides is 1. The minimum atomic E-state index is -0.180. The smallest absolute Gasteiger partial charge is 0.234 e. The van der Waals surface area contributed by atoms with Gasteiger partial charge in [0.15, 0.2) is 5.96 Å². The number of piperazine rings is 1. The summed E-state index contributed by atoms with van der Waals surface area (Å²) in [7, 11) is 0. The molecule has 6 nitrogen and oxygen atoms in total. The molecule has 2 rings (SSSR count). The third kappa shape index (κ3) is 9.52. The number of hydrogen-bond donors (Lipinski definition) is 2. The predicted octanol–water partition coefficient (Wildman–Crippen LogP) is 2.64. The summed E-state index contributed by atoms with van der Waals surface area (Å²) in [6.07, 6.45) is 0. The largest absolute Gasteiger partial charge is 0.357 e. The molecule has 0 bridgehead atoms. The third-order valence-electron chi connectivity index (χ3n) is 4.27. The van der Waals surface area contributed by atoms with Crippen LogP contribution in [0.25, 0.3) is 0 Å². The van der Waals surface area contributed by atoms with E-state index in [2.05, 4.69) is 27.4 Å². The van der Waals surface area contributed by atoms with Crippen LogP contribution in [0.2, 0.25) is 0 Å². The van der Waals surface area contributed by atoms with Crippen LogP contribution < -0.4 is 10.6 Å². The average Bonchev–Trinajstić information content (AvgIpc) is 2.65. The molecule has 9 heteroatoms. The van der Waals surface area contributed by atoms with Crippen molar-refractivity contribution in [3.8, 4) is 0 Å². The van der Waals surface area contributed by atoms with Gasteiger partial charge in [0.25, 0.3) is 0 Å². The summed E-state index contributed by atoms with van der Waals surface area (Å²) in [6, 6.07) is 7.00. The van der Waals surface area contributed by atoms with Crippen molar-refractivity contribution in [2.45, 2.75) is 31.7 Å².